The Kier molecular flexibility index (Phi) is 5.39. The van der Waals surface area contributed by atoms with Crippen molar-refractivity contribution in [3.63, 3.8) is 0 Å². The summed E-state index contributed by atoms with van der Waals surface area (Å²) in [5.74, 6) is 0.276. The van der Waals surface area contributed by atoms with E-state index in [1.807, 2.05) is 0 Å². The molecule has 3 saturated heterocycles. The minimum Gasteiger partial charge on any atom is -0.372 e. The monoisotopic (exact) mass is 331 g/mol. The molecule has 0 unspecified atom stereocenters. The molecule has 1 N–H and O–H groups in total. The highest BCUT2D eigenvalue weighted by atomic mass is 32.2. The zero-order valence-corrected chi connectivity index (χ0v) is 14.2. The third-order valence-electron chi connectivity index (χ3n) is 5.20. The molecule has 22 heavy (non-hydrogen) atoms. The van der Waals surface area contributed by atoms with Crippen LogP contribution in [0.4, 0.5) is 0 Å². The molecule has 0 radical (unpaired) electrons. The summed E-state index contributed by atoms with van der Waals surface area (Å²) in [5, 5.41) is 3.32. The predicted octanol–water partition coefficient (Wildman–Crippen LogP) is 0.257. The number of likely N-dealkylation sites (tertiary alicyclic amines) is 1. The SMILES string of the molecule is O=S(=O)(CCCN1CCCC1)N1CCOC2(CCNCC2)C1. The van der Waals surface area contributed by atoms with E-state index < -0.39 is 10.0 Å². The third kappa shape index (κ3) is 4.00. The molecule has 128 valence electrons. The first-order valence-corrected chi connectivity index (χ1v) is 10.3. The smallest absolute Gasteiger partial charge is 0.214 e. The van der Waals surface area contributed by atoms with Gasteiger partial charge in [-0.3, -0.25) is 0 Å². The van der Waals surface area contributed by atoms with Gasteiger partial charge in [-0.25, -0.2) is 8.42 Å². The van der Waals surface area contributed by atoms with Gasteiger partial charge in [-0.15, -0.1) is 0 Å². The summed E-state index contributed by atoms with van der Waals surface area (Å²) in [4.78, 5) is 2.38. The molecule has 0 aromatic heterocycles. The van der Waals surface area contributed by atoms with Crippen LogP contribution in [-0.2, 0) is 14.8 Å². The third-order valence-corrected chi connectivity index (χ3v) is 7.10. The van der Waals surface area contributed by atoms with Crippen LogP contribution in [0, 0.1) is 0 Å². The number of hydrogen-bond acceptors (Lipinski definition) is 5. The maximum atomic E-state index is 12.6. The lowest BCUT2D eigenvalue weighted by Crippen LogP contribution is -2.57. The van der Waals surface area contributed by atoms with E-state index in [4.69, 9.17) is 4.74 Å². The molecule has 0 atom stereocenters. The van der Waals surface area contributed by atoms with E-state index >= 15 is 0 Å². The van der Waals surface area contributed by atoms with Crippen molar-refractivity contribution in [2.75, 3.05) is 58.2 Å². The summed E-state index contributed by atoms with van der Waals surface area (Å²) >= 11 is 0. The Morgan fingerprint density at radius 1 is 1.09 bits per heavy atom. The Labute approximate surface area is 134 Å². The second-order valence-electron chi connectivity index (χ2n) is 6.83. The van der Waals surface area contributed by atoms with E-state index in [1.54, 1.807) is 4.31 Å². The molecule has 3 aliphatic rings. The second-order valence-corrected chi connectivity index (χ2v) is 8.92. The van der Waals surface area contributed by atoms with Crippen LogP contribution < -0.4 is 5.32 Å². The van der Waals surface area contributed by atoms with Crippen molar-refractivity contribution in [1.29, 1.82) is 0 Å². The fraction of sp³-hybridized carbons (Fsp3) is 1.00. The molecular weight excluding hydrogens is 302 g/mol. The summed E-state index contributed by atoms with van der Waals surface area (Å²) < 4.78 is 32.9. The van der Waals surface area contributed by atoms with Crippen LogP contribution in [0.25, 0.3) is 0 Å². The van der Waals surface area contributed by atoms with Gasteiger partial charge in [-0.1, -0.05) is 0 Å². The molecular formula is C15H29N3O3S. The van der Waals surface area contributed by atoms with E-state index in [1.165, 1.54) is 12.8 Å². The molecule has 1 spiro atoms. The Morgan fingerprint density at radius 3 is 2.55 bits per heavy atom. The molecule has 0 amide bonds. The number of nitrogens with zero attached hydrogens (tertiary/aromatic N) is 2. The van der Waals surface area contributed by atoms with Gasteiger partial charge < -0.3 is 15.0 Å². The van der Waals surface area contributed by atoms with Gasteiger partial charge in [0.1, 0.15) is 0 Å². The molecule has 0 saturated carbocycles. The minimum atomic E-state index is -3.14. The summed E-state index contributed by atoms with van der Waals surface area (Å²) in [6.07, 6.45) is 5.08. The largest absolute Gasteiger partial charge is 0.372 e. The molecule has 0 aliphatic carbocycles. The lowest BCUT2D eigenvalue weighted by atomic mass is 9.91. The summed E-state index contributed by atoms with van der Waals surface area (Å²) in [6.45, 7) is 6.61. The van der Waals surface area contributed by atoms with Gasteiger partial charge in [0.25, 0.3) is 0 Å². The Balaban J connectivity index is 1.52. The highest BCUT2D eigenvalue weighted by molar-refractivity contribution is 7.89. The van der Waals surface area contributed by atoms with Crippen molar-refractivity contribution in [1.82, 2.24) is 14.5 Å². The average molecular weight is 331 g/mol. The zero-order chi connectivity index (χ0) is 15.5. The maximum Gasteiger partial charge on any atom is 0.214 e. The highest BCUT2D eigenvalue weighted by Crippen LogP contribution is 2.29. The first-order valence-electron chi connectivity index (χ1n) is 8.65. The Hall–Kier alpha value is -0.210. The first kappa shape index (κ1) is 16.6. The Morgan fingerprint density at radius 2 is 1.82 bits per heavy atom. The van der Waals surface area contributed by atoms with Gasteiger partial charge in [-0.05, 0) is 64.8 Å². The van der Waals surface area contributed by atoms with E-state index in [0.29, 0.717) is 19.7 Å². The highest BCUT2D eigenvalue weighted by Gasteiger charge is 2.41. The summed E-state index contributed by atoms with van der Waals surface area (Å²) in [5.41, 5.74) is -0.245. The molecule has 0 aromatic rings. The molecule has 0 bridgehead atoms. The van der Waals surface area contributed by atoms with Crippen molar-refractivity contribution in [3.05, 3.63) is 0 Å². The van der Waals surface area contributed by atoms with Gasteiger partial charge >= 0.3 is 0 Å². The van der Waals surface area contributed by atoms with Gasteiger partial charge in [0.15, 0.2) is 0 Å². The lowest BCUT2D eigenvalue weighted by Gasteiger charge is -2.44. The molecule has 3 rings (SSSR count). The number of sulfonamides is 1. The second kappa shape index (κ2) is 7.13. The van der Waals surface area contributed by atoms with Crippen LogP contribution in [0.1, 0.15) is 32.1 Å². The molecule has 3 heterocycles. The van der Waals surface area contributed by atoms with E-state index in [2.05, 4.69) is 10.2 Å². The number of piperidine rings is 1. The van der Waals surface area contributed by atoms with Crippen LogP contribution in [0.2, 0.25) is 0 Å². The van der Waals surface area contributed by atoms with Crippen LogP contribution >= 0.6 is 0 Å². The van der Waals surface area contributed by atoms with Crippen molar-refractivity contribution >= 4 is 10.0 Å². The number of ether oxygens (including phenoxy) is 1. The van der Waals surface area contributed by atoms with Crippen LogP contribution in [0.5, 0.6) is 0 Å². The van der Waals surface area contributed by atoms with Crippen LogP contribution in [0.3, 0.4) is 0 Å². The van der Waals surface area contributed by atoms with Gasteiger partial charge in [0.05, 0.1) is 18.0 Å². The molecule has 3 aliphatic heterocycles. The molecule has 6 nitrogen and oxygen atoms in total. The predicted molar refractivity (Wildman–Crippen MR) is 86.4 cm³/mol. The minimum absolute atomic E-state index is 0.245. The van der Waals surface area contributed by atoms with Crippen molar-refractivity contribution in [2.45, 2.75) is 37.7 Å². The number of nitrogens with one attached hydrogen (secondary N) is 1. The molecule has 3 fully saturated rings. The fourth-order valence-corrected chi connectivity index (χ4v) is 5.38. The van der Waals surface area contributed by atoms with Gasteiger partial charge in [0.2, 0.25) is 10.0 Å². The Bertz CT molecular complexity index is 451. The van der Waals surface area contributed by atoms with Gasteiger partial charge in [-0.2, -0.15) is 4.31 Å². The average Bonchev–Trinajstić information content (AvgIpc) is 3.01. The lowest BCUT2D eigenvalue weighted by molar-refractivity contribution is -0.105. The number of morpholine rings is 1. The number of rotatable bonds is 5. The topological polar surface area (TPSA) is 61.9 Å². The first-order chi connectivity index (χ1) is 10.6. The van der Waals surface area contributed by atoms with E-state index in [0.717, 1.165) is 52.0 Å². The molecule has 0 aromatic carbocycles. The zero-order valence-electron chi connectivity index (χ0n) is 13.4. The summed E-state index contributed by atoms with van der Waals surface area (Å²) in [6, 6.07) is 0. The number of hydrogen-bond donors (Lipinski definition) is 1. The van der Waals surface area contributed by atoms with E-state index in [9.17, 15) is 8.42 Å². The van der Waals surface area contributed by atoms with Gasteiger partial charge in [0, 0.05) is 13.1 Å². The van der Waals surface area contributed by atoms with Crippen molar-refractivity contribution in [2.24, 2.45) is 0 Å². The molecule has 7 heteroatoms. The van der Waals surface area contributed by atoms with Crippen LogP contribution in [0.15, 0.2) is 0 Å². The van der Waals surface area contributed by atoms with Crippen molar-refractivity contribution in [3.8, 4) is 0 Å². The van der Waals surface area contributed by atoms with Crippen LogP contribution in [-0.4, -0.2) is 81.4 Å². The standard InChI is InChI=1S/C15H29N3O3S/c19-22(20,13-3-10-17-8-1-2-9-17)18-11-12-21-15(14-18)4-6-16-7-5-15/h16H,1-14H2. The quantitative estimate of drug-likeness (QED) is 0.783. The van der Waals surface area contributed by atoms with E-state index in [-0.39, 0.29) is 11.4 Å². The normalized spacial score (nSPS) is 27.5. The van der Waals surface area contributed by atoms with Crippen molar-refractivity contribution < 1.29 is 13.2 Å². The summed E-state index contributed by atoms with van der Waals surface area (Å²) in [7, 11) is -3.14. The fourth-order valence-electron chi connectivity index (χ4n) is 3.84. The maximum absolute atomic E-state index is 12.6.